The highest BCUT2D eigenvalue weighted by molar-refractivity contribution is 8.00. The van der Waals surface area contributed by atoms with Crippen LogP contribution in [0.2, 0.25) is 0 Å². The highest BCUT2D eigenvalue weighted by atomic mass is 32.2. The number of primary amides is 1. The molecule has 1 atom stereocenters. The summed E-state index contributed by atoms with van der Waals surface area (Å²) in [6.07, 6.45) is 3.21. The predicted octanol–water partition coefficient (Wildman–Crippen LogP) is 2.24. The third-order valence-corrected chi connectivity index (χ3v) is 7.55. The van der Waals surface area contributed by atoms with Gasteiger partial charge >= 0.3 is 0 Å². The molecule has 1 amide bonds. The average Bonchev–Trinajstić information content (AvgIpc) is 2.61. The lowest BCUT2D eigenvalue weighted by Crippen LogP contribution is -2.60. The van der Waals surface area contributed by atoms with Crippen molar-refractivity contribution in [3.63, 3.8) is 0 Å². The highest BCUT2D eigenvalue weighted by Crippen LogP contribution is 2.38. The van der Waals surface area contributed by atoms with E-state index in [4.69, 9.17) is 10.5 Å². The zero-order valence-electron chi connectivity index (χ0n) is 15.0. The molecule has 3 rings (SSSR count). The normalized spacial score (nSPS) is 20.1. The van der Waals surface area contributed by atoms with E-state index < -0.39 is 26.7 Å². The number of ether oxygens (including phenoxy) is 1. The molecule has 2 heterocycles. The maximum atomic E-state index is 13.1. The lowest BCUT2D eigenvalue weighted by atomic mass is 10.0. The van der Waals surface area contributed by atoms with Crippen LogP contribution in [0.25, 0.3) is 0 Å². The number of nitrogens with zero attached hydrogens (tertiary/aromatic N) is 2. The summed E-state index contributed by atoms with van der Waals surface area (Å²) in [4.78, 5) is 16.0. The van der Waals surface area contributed by atoms with Crippen molar-refractivity contribution in [3.8, 4) is 11.5 Å². The van der Waals surface area contributed by atoms with Gasteiger partial charge in [-0.05, 0) is 50.2 Å². The van der Waals surface area contributed by atoms with Crippen LogP contribution in [0.1, 0.15) is 13.8 Å². The number of carbonyl (C=O) groups excluding carboxylic acids is 1. The number of sulfonamides is 1. The van der Waals surface area contributed by atoms with Gasteiger partial charge < -0.3 is 10.5 Å². The van der Waals surface area contributed by atoms with Crippen LogP contribution >= 0.6 is 11.8 Å². The lowest BCUT2D eigenvalue weighted by Gasteiger charge is -2.43. The number of aromatic nitrogens is 1. The number of carbonyl (C=O) groups is 1. The van der Waals surface area contributed by atoms with Crippen molar-refractivity contribution in [2.24, 2.45) is 5.73 Å². The van der Waals surface area contributed by atoms with E-state index in [1.807, 2.05) is 13.8 Å². The molecule has 0 saturated carbocycles. The molecule has 1 aromatic carbocycles. The van der Waals surface area contributed by atoms with Gasteiger partial charge in [0.1, 0.15) is 17.5 Å². The number of pyridine rings is 1. The van der Waals surface area contributed by atoms with Crippen molar-refractivity contribution in [3.05, 3.63) is 48.8 Å². The fourth-order valence-corrected chi connectivity index (χ4v) is 6.18. The first-order valence-electron chi connectivity index (χ1n) is 8.35. The molecule has 7 nitrogen and oxygen atoms in total. The molecule has 27 heavy (non-hydrogen) atoms. The minimum atomic E-state index is -3.86. The SMILES string of the molecule is CC1(C)SCCN(S(=O)(=O)c2ccc(Oc3ccncc3)cc2)[C@H]1C(N)=O. The minimum Gasteiger partial charge on any atom is -0.457 e. The molecule has 0 unspecified atom stereocenters. The zero-order valence-corrected chi connectivity index (χ0v) is 16.7. The van der Waals surface area contributed by atoms with Crippen LogP contribution in [0.15, 0.2) is 53.7 Å². The average molecular weight is 408 g/mol. The van der Waals surface area contributed by atoms with E-state index in [2.05, 4.69) is 4.98 Å². The number of rotatable bonds is 5. The number of benzene rings is 1. The second-order valence-corrected chi connectivity index (χ2v) is 10.3. The maximum absolute atomic E-state index is 13.1. The van der Waals surface area contributed by atoms with Crippen LogP contribution in [0, 0.1) is 0 Å². The molecule has 9 heteroatoms. The van der Waals surface area contributed by atoms with Crippen molar-refractivity contribution < 1.29 is 17.9 Å². The largest absolute Gasteiger partial charge is 0.457 e. The standard InChI is InChI=1S/C18H21N3O4S2/c1-18(2)16(17(19)22)21(11-12-26-18)27(23,24)15-5-3-13(4-6-15)25-14-7-9-20-10-8-14/h3-10,16H,11-12H2,1-2H3,(H2,19,22)/t16-/m0/s1. The Morgan fingerprint density at radius 2 is 1.78 bits per heavy atom. The van der Waals surface area contributed by atoms with Crippen LogP contribution < -0.4 is 10.5 Å². The van der Waals surface area contributed by atoms with Gasteiger partial charge in [-0.2, -0.15) is 16.1 Å². The van der Waals surface area contributed by atoms with Gasteiger partial charge in [-0.25, -0.2) is 8.42 Å². The molecular formula is C18H21N3O4S2. The Labute approximate surface area is 163 Å². The fourth-order valence-electron chi connectivity index (χ4n) is 3.05. The van der Waals surface area contributed by atoms with Crippen molar-refractivity contribution in [2.45, 2.75) is 29.5 Å². The van der Waals surface area contributed by atoms with E-state index in [1.165, 1.54) is 16.4 Å². The summed E-state index contributed by atoms with van der Waals surface area (Å²) in [6.45, 7) is 3.90. The zero-order chi connectivity index (χ0) is 19.7. The highest BCUT2D eigenvalue weighted by Gasteiger charge is 2.47. The van der Waals surface area contributed by atoms with E-state index in [1.54, 1.807) is 48.4 Å². The smallest absolute Gasteiger partial charge is 0.243 e. The fraction of sp³-hybridized carbons (Fsp3) is 0.333. The number of nitrogens with two attached hydrogens (primary N) is 1. The summed E-state index contributed by atoms with van der Waals surface area (Å²) in [7, 11) is -3.86. The molecular weight excluding hydrogens is 386 g/mol. The Kier molecular flexibility index (Phi) is 5.45. The van der Waals surface area contributed by atoms with Crippen molar-refractivity contribution in [1.82, 2.24) is 9.29 Å². The van der Waals surface area contributed by atoms with Gasteiger partial charge in [0.15, 0.2) is 0 Å². The van der Waals surface area contributed by atoms with E-state index in [0.29, 0.717) is 17.3 Å². The van der Waals surface area contributed by atoms with Crippen LogP contribution in [0.4, 0.5) is 0 Å². The van der Waals surface area contributed by atoms with Gasteiger partial charge in [-0.1, -0.05) is 0 Å². The summed E-state index contributed by atoms with van der Waals surface area (Å²) < 4.78 is 32.5. The molecule has 1 saturated heterocycles. The summed E-state index contributed by atoms with van der Waals surface area (Å²) in [5.74, 6) is 1.05. The topological polar surface area (TPSA) is 103 Å². The molecule has 2 aromatic rings. The third kappa shape index (κ3) is 4.10. The van der Waals surface area contributed by atoms with Gasteiger partial charge in [-0.3, -0.25) is 9.78 Å². The van der Waals surface area contributed by atoms with Gasteiger partial charge in [-0.15, -0.1) is 0 Å². The van der Waals surface area contributed by atoms with E-state index in [-0.39, 0.29) is 11.4 Å². The third-order valence-electron chi connectivity index (χ3n) is 4.32. The second kappa shape index (κ2) is 7.49. The first-order valence-corrected chi connectivity index (χ1v) is 10.8. The Morgan fingerprint density at radius 1 is 1.19 bits per heavy atom. The lowest BCUT2D eigenvalue weighted by molar-refractivity contribution is -0.122. The molecule has 2 N–H and O–H groups in total. The second-order valence-electron chi connectivity index (χ2n) is 6.63. The number of thioether (sulfide) groups is 1. The van der Waals surface area contributed by atoms with Crippen molar-refractivity contribution in [1.29, 1.82) is 0 Å². The number of hydrogen-bond acceptors (Lipinski definition) is 6. The number of amides is 1. The Balaban J connectivity index is 1.87. The van der Waals surface area contributed by atoms with Crippen LogP contribution in [-0.4, -0.2) is 46.7 Å². The molecule has 144 valence electrons. The molecule has 1 aliphatic heterocycles. The summed E-state index contributed by atoms with van der Waals surface area (Å²) in [5.41, 5.74) is 5.53. The predicted molar refractivity (Wildman–Crippen MR) is 104 cm³/mol. The molecule has 1 aromatic heterocycles. The minimum absolute atomic E-state index is 0.0959. The van der Waals surface area contributed by atoms with Crippen molar-refractivity contribution >= 4 is 27.7 Å². The van der Waals surface area contributed by atoms with Crippen LogP contribution in [0.5, 0.6) is 11.5 Å². The Morgan fingerprint density at radius 3 is 2.37 bits per heavy atom. The Bertz CT molecular complexity index is 915. The molecule has 0 radical (unpaired) electrons. The van der Waals surface area contributed by atoms with E-state index in [9.17, 15) is 13.2 Å². The van der Waals surface area contributed by atoms with Crippen LogP contribution in [0.3, 0.4) is 0 Å². The van der Waals surface area contributed by atoms with Gasteiger partial charge in [0.2, 0.25) is 15.9 Å². The molecule has 0 bridgehead atoms. The van der Waals surface area contributed by atoms with Crippen LogP contribution in [-0.2, 0) is 14.8 Å². The first kappa shape index (κ1) is 19.7. The van der Waals surface area contributed by atoms with Gasteiger partial charge in [0, 0.05) is 29.4 Å². The molecule has 0 aliphatic carbocycles. The summed E-state index contributed by atoms with van der Waals surface area (Å²) >= 11 is 1.54. The van der Waals surface area contributed by atoms with Gasteiger partial charge in [0.25, 0.3) is 0 Å². The van der Waals surface area contributed by atoms with E-state index >= 15 is 0 Å². The quantitative estimate of drug-likeness (QED) is 0.815. The number of hydrogen-bond donors (Lipinski definition) is 1. The Hall–Kier alpha value is -2.10. The summed E-state index contributed by atoms with van der Waals surface area (Å²) in [5, 5.41) is 0. The monoisotopic (exact) mass is 407 g/mol. The van der Waals surface area contributed by atoms with Crippen molar-refractivity contribution in [2.75, 3.05) is 12.3 Å². The molecule has 1 fully saturated rings. The molecule has 1 aliphatic rings. The molecule has 0 spiro atoms. The van der Waals surface area contributed by atoms with E-state index in [0.717, 1.165) is 0 Å². The summed E-state index contributed by atoms with van der Waals surface area (Å²) in [6, 6.07) is 8.60. The first-order chi connectivity index (χ1) is 12.7. The van der Waals surface area contributed by atoms with Gasteiger partial charge in [0.05, 0.1) is 4.90 Å². The maximum Gasteiger partial charge on any atom is 0.243 e.